The lowest BCUT2D eigenvalue weighted by Gasteiger charge is -2.29. The number of fused-ring (bicyclic) bond motifs is 1. The Morgan fingerprint density at radius 3 is 3.13 bits per heavy atom. The highest BCUT2D eigenvalue weighted by molar-refractivity contribution is 7.99. The van der Waals surface area contributed by atoms with Gasteiger partial charge in [-0.3, -0.25) is 0 Å². The summed E-state index contributed by atoms with van der Waals surface area (Å²) in [7, 11) is 0. The van der Waals surface area contributed by atoms with Gasteiger partial charge >= 0.3 is 0 Å². The van der Waals surface area contributed by atoms with E-state index in [1.165, 1.54) is 4.90 Å². The molecule has 0 fully saturated rings. The quantitative estimate of drug-likeness (QED) is 0.837. The van der Waals surface area contributed by atoms with Crippen molar-refractivity contribution in [1.82, 2.24) is 0 Å². The minimum Gasteiger partial charge on any atom is -0.330 e. The maximum absolute atomic E-state index is 13.2. The highest BCUT2D eigenvalue weighted by Gasteiger charge is 2.25. The van der Waals surface area contributed by atoms with Gasteiger partial charge in [-0.1, -0.05) is 6.92 Å². The molecule has 1 aromatic rings. The van der Waals surface area contributed by atoms with Crippen molar-refractivity contribution in [3.8, 4) is 0 Å². The highest BCUT2D eigenvalue weighted by Crippen LogP contribution is 2.41. The van der Waals surface area contributed by atoms with Gasteiger partial charge in [0, 0.05) is 4.90 Å². The van der Waals surface area contributed by atoms with Crippen molar-refractivity contribution in [2.75, 3.05) is 12.3 Å². The fraction of sp³-hybridized carbons (Fsp3) is 0.500. The third kappa shape index (κ3) is 2.18. The molecule has 2 atom stereocenters. The fourth-order valence-electron chi connectivity index (χ4n) is 2.15. The molecule has 0 bridgehead atoms. The minimum atomic E-state index is -0.134. The first kappa shape index (κ1) is 11.0. The topological polar surface area (TPSA) is 26.0 Å². The summed E-state index contributed by atoms with van der Waals surface area (Å²) in [6.45, 7) is 2.82. The summed E-state index contributed by atoms with van der Waals surface area (Å²) >= 11 is 1.82. The number of thioether (sulfide) groups is 1. The van der Waals surface area contributed by atoms with Crippen LogP contribution in [0.2, 0.25) is 0 Å². The van der Waals surface area contributed by atoms with E-state index in [9.17, 15) is 4.39 Å². The van der Waals surface area contributed by atoms with E-state index in [1.54, 1.807) is 12.1 Å². The Morgan fingerprint density at radius 1 is 1.60 bits per heavy atom. The van der Waals surface area contributed by atoms with E-state index < -0.39 is 0 Å². The third-order valence-corrected chi connectivity index (χ3v) is 4.24. The number of rotatable bonds is 2. The number of hydrogen-bond donors (Lipinski definition) is 1. The Balaban J connectivity index is 2.36. The van der Waals surface area contributed by atoms with Crippen LogP contribution in [-0.2, 0) is 0 Å². The monoisotopic (exact) mass is 225 g/mol. The van der Waals surface area contributed by atoms with Crippen molar-refractivity contribution >= 4 is 11.8 Å². The van der Waals surface area contributed by atoms with Gasteiger partial charge in [0.1, 0.15) is 5.82 Å². The normalized spacial score (nSPS) is 22.2. The summed E-state index contributed by atoms with van der Waals surface area (Å²) in [5.41, 5.74) is 6.85. The van der Waals surface area contributed by atoms with Crippen LogP contribution in [0.5, 0.6) is 0 Å². The van der Waals surface area contributed by atoms with E-state index in [4.69, 9.17) is 5.73 Å². The molecule has 1 heterocycles. The van der Waals surface area contributed by atoms with E-state index in [2.05, 4.69) is 6.92 Å². The second-order valence-corrected chi connectivity index (χ2v) is 5.28. The maximum Gasteiger partial charge on any atom is 0.123 e. The molecular weight excluding hydrogens is 209 g/mol. The van der Waals surface area contributed by atoms with Gasteiger partial charge in [0.15, 0.2) is 0 Å². The van der Waals surface area contributed by atoms with E-state index in [0.29, 0.717) is 18.4 Å². The second kappa shape index (κ2) is 4.54. The molecule has 2 unspecified atom stereocenters. The molecule has 0 aromatic heterocycles. The average molecular weight is 225 g/mol. The Kier molecular flexibility index (Phi) is 3.32. The lowest BCUT2D eigenvalue weighted by molar-refractivity contribution is 0.447. The lowest BCUT2D eigenvalue weighted by Crippen LogP contribution is -2.22. The molecular formula is C12H16FNS. The van der Waals surface area contributed by atoms with Gasteiger partial charge in [-0.25, -0.2) is 4.39 Å². The Labute approximate surface area is 94.2 Å². The molecule has 15 heavy (non-hydrogen) atoms. The molecule has 1 aliphatic rings. The lowest BCUT2D eigenvalue weighted by atomic mass is 9.85. The van der Waals surface area contributed by atoms with E-state index >= 15 is 0 Å². The van der Waals surface area contributed by atoms with Crippen molar-refractivity contribution in [1.29, 1.82) is 0 Å². The molecule has 0 saturated carbocycles. The van der Waals surface area contributed by atoms with Gasteiger partial charge in [0.25, 0.3) is 0 Å². The van der Waals surface area contributed by atoms with Crippen molar-refractivity contribution in [2.45, 2.75) is 24.2 Å². The van der Waals surface area contributed by atoms with E-state index in [1.807, 2.05) is 17.8 Å². The Bertz CT molecular complexity index is 353. The van der Waals surface area contributed by atoms with Gasteiger partial charge in [-0.15, -0.1) is 11.8 Å². The molecule has 0 amide bonds. The van der Waals surface area contributed by atoms with Gasteiger partial charge in [0.05, 0.1) is 0 Å². The zero-order valence-electron chi connectivity index (χ0n) is 8.87. The first-order valence-electron chi connectivity index (χ1n) is 5.34. The smallest absolute Gasteiger partial charge is 0.123 e. The highest BCUT2D eigenvalue weighted by atomic mass is 32.2. The molecule has 0 saturated heterocycles. The van der Waals surface area contributed by atoms with Crippen molar-refractivity contribution in [3.05, 3.63) is 29.6 Å². The van der Waals surface area contributed by atoms with Gasteiger partial charge in [0.2, 0.25) is 0 Å². The maximum atomic E-state index is 13.2. The van der Waals surface area contributed by atoms with Crippen LogP contribution in [0.3, 0.4) is 0 Å². The third-order valence-electron chi connectivity index (χ3n) is 3.12. The molecule has 3 heteroatoms. The van der Waals surface area contributed by atoms with Crippen LogP contribution in [0, 0.1) is 11.7 Å². The fourth-order valence-corrected chi connectivity index (χ4v) is 3.28. The van der Waals surface area contributed by atoms with E-state index in [0.717, 1.165) is 17.7 Å². The molecule has 2 rings (SSSR count). The summed E-state index contributed by atoms with van der Waals surface area (Å²) in [6.07, 6.45) is 1.11. The molecule has 1 aliphatic heterocycles. The predicted molar refractivity (Wildman–Crippen MR) is 62.7 cm³/mol. The number of benzene rings is 1. The SMILES string of the molecule is CC(CN)C1CCSc2ccc(F)cc21. The largest absolute Gasteiger partial charge is 0.330 e. The first-order valence-corrected chi connectivity index (χ1v) is 6.33. The number of hydrogen-bond acceptors (Lipinski definition) is 2. The zero-order valence-corrected chi connectivity index (χ0v) is 9.69. The number of nitrogens with two attached hydrogens (primary N) is 1. The predicted octanol–water partition coefficient (Wildman–Crippen LogP) is 3.00. The summed E-state index contributed by atoms with van der Waals surface area (Å²) in [4.78, 5) is 1.23. The molecule has 2 N–H and O–H groups in total. The van der Waals surface area contributed by atoms with Crippen LogP contribution < -0.4 is 5.73 Å². The Morgan fingerprint density at radius 2 is 2.40 bits per heavy atom. The first-order chi connectivity index (χ1) is 7.22. The van der Waals surface area contributed by atoms with E-state index in [-0.39, 0.29) is 5.82 Å². The molecule has 1 aromatic carbocycles. The summed E-state index contributed by atoms with van der Waals surface area (Å²) in [6, 6.07) is 5.12. The van der Waals surface area contributed by atoms with Crippen molar-refractivity contribution in [3.63, 3.8) is 0 Å². The summed E-state index contributed by atoms with van der Waals surface area (Å²) in [5.74, 6) is 1.85. The summed E-state index contributed by atoms with van der Waals surface area (Å²) in [5, 5.41) is 0. The van der Waals surface area contributed by atoms with Crippen LogP contribution in [0.1, 0.15) is 24.8 Å². The average Bonchev–Trinajstić information content (AvgIpc) is 2.27. The van der Waals surface area contributed by atoms with Crippen LogP contribution in [0.25, 0.3) is 0 Å². The molecule has 0 spiro atoms. The van der Waals surface area contributed by atoms with Gasteiger partial charge in [-0.05, 0) is 54.3 Å². The minimum absolute atomic E-state index is 0.134. The van der Waals surface area contributed by atoms with Gasteiger partial charge in [-0.2, -0.15) is 0 Å². The zero-order chi connectivity index (χ0) is 10.8. The summed E-state index contributed by atoms with van der Waals surface area (Å²) < 4.78 is 13.2. The molecule has 0 aliphatic carbocycles. The standard InChI is InChI=1S/C12H16FNS/c1-8(7-14)10-4-5-15-12-3-2-9(13)6-11(10)12/h2-3,6,8,10H,4-5,7,14H2,1H3. The molecule has 0 radical (unpaired) electrons. The van der Waals surface area contributed by atoms with Crippen LogP contribution in [0.4, 0.5) is 4.39 Å². The van der Waals surface area contributed by atoms with Gasteiger partial charge < -0.3 is 5.73 Å². The van der Waals surface area contributed by atoms with Crippen LogP contribution >= 0.6 is 11.8 Å². The molecule has 82 valence electrons. The van der Waals surface area contributed by atoms with Crippen molar-refractivity contribution < 1.29 is 4.39 Å². The molecule has 1 nitrogen and oxygen atoms in total. The van der Waals surface area contributed by atoms with Crippen LogP contribution in [-0.4, -0.2) is 12.3 Å². The Hall–Kier alpha value is -0.540. The number of halogens is 1. The van der Waals surface area contributed by atoms with Crippen molar-refractivity contribution in [2.24, 2.45) is 11.7 Å². The second-order valence-electron chi connectivity index (χ2n) is 4.14. The van der Waals surface area contributed by atoms with Crippen LogP contribution in [0.15, 0.2) is 23.1 Å².